The van der Waals surface area contributed by atoms with Crippen molar-refractivity contribution >= 4 is 33.6 Å². The largest absolute Gasteiger partial charge is 0.355 e. The summed E-state index contributed by atoms with van der Waals surface area (Å²) in [5, 5.41) is 2.95. The Labute approximate surface area is 122 Å². The zero-order valence-corrected chi connectivity index (χ0v) is 13.1. The molecular weight excluding hydrogens is 310 g/mol. The highest BCUT2D eigenvalue weighted by Crippen LogP contribution is 2.15. The standard InChI is InChI=1S/C14H20BrNOS/c1-2-3-4-9-16-14(17)11-18-10-12-5-7-13(15)8-6-12/h5-8H,2-4,9-11H2,1H3,(H,16,17). The van der Waals surface area contributed by atoms with Crippen LogP contribution < -0.4 is 5.32 Å². The molecule has 1 N–H and O–H groups in total. The number of thioether (sulfide) groups is 1. The van der Waals surface area contributed by atoms with Crippen LogP contribution in [0.1, 0.15) is 31.7 Å². The summed E-state index contributed by atoms with van der Waals surface area (Å²) in [6.07, 6.45) is 3.46. The summed E-state index contributed by atoms with van der Waals surface area (Å²) >= 11 is 5.06. The normalized spacial score (nSPS) is 10.3. The lowest BCUT2D eigenvalue weighted by atomic mass is 10.2. The topological polar surface area (TPSA) is 29.1 Å². The predicted molar refractivity (Wildman–Crippen MR) is 82.8 cm³/mol. The first kappa shape index (κ1) is 15.6. The van der Waals surface area contributed by atoms with Gasteiger partial charge in [0.25, 0.3) is 0 Å². The summed E-state index contributed by atoms with van der Waals surface area (Å²) in [5.74, 6) is 1.57. The molecule has 1 amide bonds. The fourth-order valence-corrected chi connectivity index (χ4v) is 2.58. The molecule has 0 radical (unpaired) electrons. The summed E-state index contributed by atoms with van der Waals surface area (Å²) in [7, 11) is 0. The Bertz CT molecular complexity index is 353. The van der Waals surface area contributed by atoms with Crippen LogP contribution in [-0.2, 0) is 10.5 Å². The number of nitrogens with one attached hydrogen (secondary N) is 1. The Balaban J connectivity index is 2.10. The Morgan fingerprint density at radius 1 is 1.28 bits per heavy atom. The number of carbonyl (C=O) groups is 1. The van der Waals surface area contributed by atoms with Gasteiger partial charge in [0.2, 0.25) is 5.91 Å². The minimum absolute atomic E-state index is 0.146. The number of benzene rings is 1. The van der Waals surface area contributed by atoms with Crippen LogP contribution in [0, 0.1) is 0 Å². The van der Waals surface area contributed by atoms with Gasteiger partial charge in [-0.1, -0.05) is 47.8 Å². The highest BCUT2D eigenvalue weighted by atomic mass is 79.9. The second kappa shape index (κ2) is 9.45. The van der Waals surface area contributed by atoms with Crippen LogP contribution in [-0.4, -0.2) is 18.2 Å². The smallest absolute Gasteiger partial charge is 0.230 e. The Kier molecular flexibility index (Phi) is 8.18. The minimum Gasteiger partial charge on any atom is -0.355 e. The predicted octanol–water partition coefficient (Wildman–Crippen LogP) is 3.99. The van der Waals surface area contributed by atoms with Crippen molar-refractivity contribution in [2.45, 2.75) is 31.9 Å². The van der Waals surface area contributed by atoms with Gasteiger partial charge >= 0.3 is 0 Å². The van der Waals surface area contributed by atoms with Gasteiger partial charge in [-0.05, 0) is 24.1 Å². The lowest BCUT2D eigenvalue weighted by molar-refractivity contribution is -0.118. The molecule has 0 aliphatic rings. The fraction of sp³-hybridized carbons (Fsp3) is 0.500. The third kappa shape index (κ3) is 7.07. The molecule has 0 saturated carbocycles. The molecule has 1 aromatic rings. The third-order valence-corrected chi connectivity index (χ3v) is 4.05. The van der Waals surface area contributed by atoms with Crippen LogP contribution in [0.3, 0.4) is 0 Å². The zero-order valence-electron chi connectivity index (χ0n) is 10.7. The Hall–Kier alpha value is -0.480. The van der Waals surface area contributed by atoms with E-state index in [1.165, 1.54) is 18.4 Å². The molecule has 18 heavy (non-hydrogen) atoms. The molecule has 0 aliphatic heterocycles. The van der Waals surface area contributed by atoms with E-state index in [-0.39, 0.29) is 5.91 Å². The third-order valence-electron chi connectivity index (χ3n) is 2.52. The molecule has 0 saturated heterocycles. The first-order chi connectivity index (χ1) is 8.72. The fourth-order valence-electron chi connectivity index (χ4n) is 1.50. The van der Waals surface area contributed by atoms with Gasteiger partial charge in [-0.25, -0.2) is 0 Å². The van der Waals surface area contributed by atoms with E-state index in [0.29, 0.717) is 5.75 Å². The molecule has 0 bridgehead atoms. The molecule has 1 aromatic carbocycles. The van der Waals surface area contributed by atoms with Crippen molar-refractivity contribution in [1.82, 2.24) is 5.32 Å². The van der Waals surface area contributed by atoms with Crippen molar-refractivity contribution in [2.24, 2.45) is 0 Å². The van der Waals surface area contributed by atoms with Crippen molar-refractivity contribution in [1.29, 1.82) is 0 Å². The van der Waals surface area contributed by atoms with Gasteiger partial charge in [-0.3, -0.25) is 4.79 Å². The van der Waals surface area contributed by atoms with Crippen LogP contribution in [0.2, 0.25) is 0 Å². The Morgan fingerprint density at radius 2 is 2.00 bits per heavy atom. The first-order valence-corrected chi connectivity index (χ1v) is 8.26. The van der Waals surface area contributed by atoms with E-state index in [9.17, 15) is 4.79 Å². The van der Waals surface area contributed by atoms with Gasteiger partial charge < -0.3 is 5.32 Å². The van der Waals surface area contributed by atoms with Crippen molar-refractivity contribution in [3.05, 3.63) is 34.3 Å². The van der Waals surface area contributed by atoms with E-state index in [4.69, 9.17) is 0 Å². The molecule has 0 aromatic heterocycles. The van der Waals surface area contributed by atoms with E-state index >= 15 is 0 Å². The monoisotopic (exact) mass is 329 g/mol. The molecule has 0 unspecified atom stereocenters. The lowest BCUT2D eigenvalue weighted by Crippen LogP contribution is -2.26. The number of carbonyl (C=O) groups excluding carboxylic acids is 1. The van der Waals surface area contributed by atoms with E-state index in [1.807, 2.05) is 12.1 Å². The van der Waals surface area contributed by atoms with E-state index < -0.39 is 0 Å². The van der Waals surface area contributed by atoms with Crippen LogP contribution in [0.15, 0.2) is 28.7 Å². The molecule has 0 spiro atoms. The maximum atomic E-state index is 11.5. The van der Waals surface area contributed by atoms with Crippen molar-refractivity contribution < 1.29 is 4.79 Å². The zero-order chi connectivity index (χ0) is 13.2. The molecule has 4 heteroatoms. The van der Waals surface area contributed by atoms with Gasteiger partial charge in [0, 0.05) is 16.8 Å². The van der Waals surface area contributed by atoms with Crippen LogP contribution in [0.5, 0.6) is 0 Å². The molecule has 0 atom stereocenters. The molecular formula is C14H20BrNOS. The number of hydrogen-bond donors (Lipinski definition) is 1. The Morgan fingerprint density at radius 3 is 2.67 bits per heavy atom. The molecule has 2 nitrogen and oxygen atoms in total. The quantitative estimate of drug-likeness (QED) is 0.730. The highest BCUT2D eigenvalue weighted by molar-refractivity contribution is 9.10. The van der Waals surface area contributed by atoms with Gasteiger partial charge in [0.15, 0.2) is 0 Å². The van der Waals surface area contributed by atoms with Crippen LogP contribution >= 0.6 is 27.7 Å². The average molecular weight is 330 g/mol. The second-order valence-electron chi connectivity index (χ2n) is 4.18. The van der Waals surface area contributed by atoms with Gasteiger partial charge in [0.05, 0.1) is 5.75 Å². The highest BCUT2D eigenvalue weighted by Gasteiger charge is 2.01. The van der Waals surface area contributed by atoms with Crippen molar-refractivity contribution in [3.8, 4) is 0 Å². The molecule has 0 aliphatic carbocycles. The number of hydrogen-bond acceptors (Lipinski definition) is 2. The number of rotatable bonds is 8. The molecule has 1 rings (SSSR count). The number of amides is 1. The minimum atomic E-state index is 0.146. The summed E-state index contributed by atoms with van der Waals surface area (Å²) < 4.78 is 1.09. The maximum absolute atomic E-state index is 11.5. The van der Waals surface area contributed by atoms with E-state index in [2.05, 4.69) is 40.3 Å². The van der Waals surface area contributed by atoms with E-state index in [0.717, 1.165) is 23.2 Å². The van der Waals surface area contributed by atoms with Crippen molar-refractivity contribution in [3.63, 3.8) is 0 Å². The molecule has 0 fully saturated rings. The summed E-state index contributed by atoms with van der Waals surface area (Å²) in [4.78, 5) is 11.5. The SMILES string of the molecule is CCCCCNC(=O)CSCc1ccc(Br)cc1. The van der Waals surface area contributed by atoms with E-state index in [1.54, 1.807) is 11.8 Å². The summed E-state index contributed by atoms with van der Waals surface area (Å²) in [6, 6.07) is 8.22. The summed E-state index contributed by atoms with van der Waals surface area (Å²) in [6.45, 7) is 2.97. The number of halogens is 1. The molecule has 100 valence electrons. The van der Waals surface area contributed by atoms with Gasteiger partial charge in [-0.2, -0.15) is 0 Å². The average Bonchev–Trinajstić information content (AvgIpc) is 2.37. The first-order valence-electron chi connectivity index (χ1n) is 6.31. The molecule has 0 heterocycles. The van der Waals surface area contributed by atoms with Crippen LogP contribution in [0.4, 0.5) is 0 Å². The second-order valence-corrected chi connectivity index (χ2v) is 6.08. The summed E-state index contributed by atoms with van der Waals surface area (Å²) in [5.41, 5.74) is 1.25. The maximum Gasteiger partial charge on any atom is 0.230 e. The van der Waals surface area contributed by atoms with Crippen molar-refractivity contribution in [2.75, 3.05) is 12.3 Å². The number of unbranched alkanes of at least 4 members (excludes halogenated alkanes) is 2. The van der Waals surface area contributed by atoms with Gasteiger partial charge in [0.1, 0.15) is 0 Å². The van der Waals surface area contributed by atoms with Crippen LogP contribution in [0.25, 0.3) is 0 Å². The van der Waals surface area contributed by atoms with Gasteiger partial charge in [-0.15, -0.1) is 11.8 Å². The lowest BCUT2D eigenvalue weighted by Gasteiger charge is -2.05.